The number of carbonyl (C=O) groups is 3. The lowest BCUT2D eigenvalue weighted by atomic mass is 10.1. The Hall–Kier alpha value is -2.37. The molecule has 0 fully saturated rings. The molecule has 3 N–H and O–H groups in total. The monoisotopic (exact) mass is 236 g/mol. The van der Waals surface area contributed by atoms with Gasteiger partial charge in [0.15, 0.2) is 6.61 Å². The van der Waals surface area contributed by atoms with Gasteiger partial charge in [-0.05, 0) is 19.1 Å². The van der Waals surface area contributed by atoms with Crippen molar-refractivity contribution < 1.29 is 19.1 Å². The molecule has 0 heterocycles. The molecule has 90 valence electrons. The van der Waals surface area contributed by atoms with Crippen molar-refractivity contribution in [3.63, 3.8) is 0 Å². The molecule has 6 nitrogen and oxygen atoms in total. The van der Waals surface area contributed by atoms with E-state index in [2.05, 4.69) is 4.74 Å². The van der Waals surface area contributed by atoms with Gasteiger partial charge in [-0.25, -0.2) is 9.59 Å². The smallest absolute Gasteiger partial charge is 0.338 e. The highest BCUT2D eigenvalue weighted by Gasteiger charge is 2.10. The Balaban J connectivity index is 2.47. The molecule has 1 aromatic rings. The second-order valence-electron chi connectivity index (χ2n) is 3.35. The molecule has 1 rings (SSSR count). The molecule has 3 amide bonds. The van der Waals surface area contributed by atoms with Crippen LogP contribution in [0.25, 0.3) is 0 Å². The van der Waals surface area contributed by atoms with E-state index in [0.29, 0.717) is 5.56 Å². The number of imide groups is 1. The number of rotatable bonds is 3. The van der Waals surface area contributed by atoms with Gasteiger partial charge < -0.3 is 10.5 Å². The molecular weight excluding hydrogens is 224 g/mol. The van der Waals surface area contributed by atoms with Crippen molar-refractivity contribution in [2.75, 3.05) is 6.61 Å². The third-order valence-electron chi connectivity index (χ3n) is 1.88. The van der Waals surface area contributed by atoms with Gasteiger partial charge in [-0.2, -0.15) is 0 Å². The van der Waals surface area contributed by atoms with Crippen LogP contribution in [-0.4, -0.2) is 24.5 Å². The minimum atomic E-state index is -0.985. The first-order valence-corrected chi connectivity index (χ1v) is 4.82. The molecule has 0 saturated heterocycles. The van der Waals surface area contributed by atoms with Gasteiger partial charge >= 0.3 is 12.0 Å². The van der Waals surface area contributed by atoms with Gasteiger partial charge in [-0.3, -0.25) is 10.1 Å². The molecule has 0 unspecified atom stereocenters. The zero-order chi connectivity index (χ0) is 12.8. The summed E-state index contributed by atoms with van der Waals surface area (Å²) in [6.45, 7) is 1.34. The van der Waals surface area contributed by atoms with Crippen LogP contribution in [0.3, 0.4) is 0 Å². The van der Waals surface area contributed by atoms with Crippen molar-refractivity contribution in [3.05, 3.63) is 35.4 Å². The van der Waals surface area contributed by atoms with Gasteiger partial charge in [-0.1, -0.05) is 17.7 Å². The summed E-state index contributed by atoms with van der Waals surface area (Å²) in [5, 5.41) is 1.78. The number of urea groups is 1. The summed E-state index contributed by atoms with van der Waals surface area (Å²) in [5.41, 5.74) is 6.06. The van der Waals surface area contributed by atoms with Crippen LogP contribution in [-0.2, 0) is 9.53 Å². The summed E-state index contributed by atoms with van der Waals surface area (Å²) in [5.74, 6) is -1.40. The van der Waals surface area contributed by atoms with Crippen molar-refractivity contribution in [2.24, 2.45) is 5.73 Å². The van der Waals surface area contributed by atoms with E-state index in [-0.39, 0.29) is 0 Å². The Labute approximate surface area is 97.7 Å². The first kappa shape index (κ1) is 12.7. The number of esters is 1. The van der Waals surface area contributed by atoms with Crippen molar-refractivity contribution in [1.29, 1.82) is 0 Å². The molecule has 0 saturated carbocycles. The molecule has 17 heavy (non-hydrogen) atoms. The first-order chi connectivity index (χ1) is 7.99. The van der Waals surface area contributed by atoms with Crippen LogP contribution in [0, 0.1) is 6.92 Å². The number of hydrogen-bond donors (Lipinski definition) is 2. The number of primary amides is 1. The molecule has 0 radical (unpaired) electrons. The molecule has 0 bridgehead atoms. The Morgan fingerprint density at radius 1 is 1.24 bits per heavy atom. The molecule has 0 aliphatic heterocycles. The first-order valence-electron chi connectivity index (χ1n) is 4.82. The van der Waals surface area contributed by atoms with Gasteiger partial charge in [0.1, 0.15) is 0 Å². The molecule has 0 spiro atoms. The Kier molecular flexibility index (Phi) is 4.21. The highest BCUT2D eigenvalue weighted by atomic mass is 16.5. The molecule has 1 aromatic carbocycles. The molecular formula is C11H12N2O4. The van der Waals surface area contributed by atoms with Crippen molar-refractivity contribution in [3.8, 4) is 0 Å². The maximum absolute atomic E-state index is 11.4. The van der Waals surface area contributed by atoms with Gasteiger partial charge in [0.05, 0.1) is 5.56 Å². The molecule has 0 atom stereocenters. The van der Waals surface area contributed by atoms with E-state index in [4.69, 9.17) is 5.73 Å². The van der Waals surface area contributed by atoms with E-state index in [9.17, 15) is 14.4 Å². The Morgan fingerprint density at radius 3 is 2.35 bits per heavy atom. The van der Waals surface area contributed by atoms with Crippen LogP contribution < -0.4 is 11.1 Å². The van der Waals surface area contributed by atoms with E-state index < -0.39 is 24.5 Å². The molecule has 0 aliphatic carbocycles. The number of carbonyl (C=O) groups excluding carboxylic acids is 3. The van der Waals surface area contributed by atoms with Gasteiger partial charge in [-0.15, -0.1) is 0 Å². The van der Waals surface area contributed by atoms with Crippen LogP contribution in [0.1, 0.15) is 15.9 Å². The predicted molar refractivity (Wildman–Crippen MR) is 59.2 cm³/mol. The number of nitrogens with two attached hydrogens (primary N) is 1. The lowest BCUT2D eigenvalue weighted by molar-refractivity contribution is -0.123. The number of aryl methyl sites for hydroxylation is 1. The Bertz CT molecular complexity index is 439. The fourth-order valence-corrected chi connectivity index (χ4v) is 1.08. The zero-order valence-corrected chi connectivity index (χ0v) is 9.23. The van der Waals surface area contributed by atoms with E-state index >= 15 is 0 Å². The second-order valence-corrected chi connectivity index (χ2v) is 3.35. The highest BCUT2D eigenvalue weighted by molar-refractivity contribution is 5.96. The third-order valence-corrected chi connectivity index (χ3v) is 1.88. The SMILES string of the molecule is Cc1ccc(C(=O)OCC(=O)NC(N)=O)cc1. The van der Waals surface area contributed by atoms with Gasteiger partial charge in [0.25, 0.3) is 5.91 Å². The minimum absolute atomic E-state index is 0.336. The summed E-state index contributed by atoms with van der Waals surface area (Å²) in [6.07, 6.45) is 0. The van der Waals surface area contributed by atoms with E-state index in [1.165, 1.54) is 0 Å². The second kappa shape index (κ2) is 5.64. The maximum atomic E-state index is 11.4. The fourth-order valence-electron chi connectivity index (χ4n) is 1.08. The normalized spacial score (nSPS) is 9.47. The average molecular weight is 236 g/mol. The topological polar surface area (TPSA) is 98.5 Å². The van der Waals surface area contributed by atoms with Crippen LogP contribution in [0.2, 0.25) is 0 Å². The Morgan fingerprint density at radius 2 is 1.82 bits per heavy atom. The van der Waals surface area contributed by atoms with E-state index in [1.54, 1.807) is 29.6 Å². The highest BCUT2D eigenvalue weighted by Crippen LogP contribution is 2.04. The fraction of sp³-hybridized carbons (Fsp3) is 0.182. The summed E-state index contributed by atoms with van der Waals surface area (Å²) in [4.78, 5) is 32.7. The van der Waals surface area contributed by atoms with Crippen LogP contribution in [0.5, 0.6) is 0 Å². The summed E-state index contributed by atoms with van der Waals surface area (Å²) in [7, 11) is 0. The van der Waals surface area contributed by atoms with Crippen molar-refractivity contribution >= 4 is 17.9 Å². The average Bonchev–Trinajstić information content (AvgIpc) is 2.26. The largest absolute Gasteiger partial charge is 0.452 e. The van der Waals surface area contributed by atoms with Gasteiger partial charge in [0.2, 0.25) is 0 Å². The third kappa shape index (κ3) is 4.33. The minimum Gasteiger partial charge on any atom is -0.452 e. The quantitative estimate of drug-likeness (QED) is 0.739. The van der Waals surface area contributed by atoms with Crippen molar-refractivity contribution in [1.82, 2.24) is 5.32 Å². The van der Waals surface area contributed by atoms with Crippen LogP contribution in [0.4, 0.5) is 4.79 Å². The summed E-state index contributed by atoms with van der Waals surface area (Å²) >= 11 is 0. The molecule has 0 aromatic heterocycles. The van der Waals surface area contributed by atoms with E-state index in [1.807, 2.05) is 6.92 Å². The van der Waals surface area contributed by atoms with Crippen LogP contribution >= 0.6 is 0 Å². The number of benzene rings is 1. The van der Waals surface area contributed by atoms with Gasteiger partial charge in [0, 0.05) is 0 Å². The maximum Gasteiger partial charge on any atom is 0.338 e. The number of nitrogens with one attached hydrogen (secondary N) is 1. The lowest BCUT2D eigenvalue weighted by Crippen LogP contribution is -2.37. The summed E-state index contributed by atoms with van der Waals surface area (Å²) in [6, 6.07) is 5.69. The van der Waals surface area contributed by atoms with E-state index in [0.717, 1.165) is 5.56 Å². The zero-order valence-electron chi connectivity index (χ0n) is 9.23. The number of hydrogen-bond acceptors (Lipinski definition) is 4. The number of ether oxygens (including phenoxy) is 1. The molecule has 6 heteroatoms. The summed E-state index contributed by atoms with van der Waals surface area (Å²) < 4.78 is 4.67. The standard InChI is InChI=1S/C11H12N2O4/c1-7-2-4-8(5-3-7)10(15)17-6-9(14)13-11(12)16/h2-5H,6H2,1H3,(H3,12,13,14,16). The van der Waals surface area contributed by atoms with Crippen molar-refractivity contribution in [2.45, 2.75) is 6.92 Å². The number of amides is 3. The molecule has 0 aliphatic rings. The van der Waals surface area contributed by atoms with Crippen LogP contribution in [0.15, 0.2) is 24.3 Å². The lowest BCUT2D eigenvalue weighted by Gasteiger charge is -2.04. The predicted octanol–water partition coefficient (Wildman–Crippen LogP) is 0.347.